The van der Waals surface area contributed by atoms with Crippen molar-refractivity contribution in [3.63, 3.8) is 0 Å². The van der Waals surface area contributed by atoms with Crippen LogP contribution in [-0.2, 0) is 10.2 Å². The summed E-state index contributed by atoms with van der Waals surface area (Å²) in [5, 5.41) is 5.23. The molecular formula is C19H36N4O2S. The van der Waals surface area contributed by atoms with Crippen LogP contribution in [0.3, 0.4) is 0 Å². The lowest BCUT2D eigenvalue weighted by Gasteiger charge is -2.42. The summed E-state index contributed by atoms with van der Waals surface area (Å²) < 4.78 is 25.7. The van der Waals surface area contributed by atoms with Gasteiger partial charge in [0, 0.05) is 30.1 Å². The molecule has 2 aliphatic rings. The molecule has 0 saturated carbocycles. The van der Waals surface area contributed by atoms with Crippen molar-refractivity contribution in [2.45, 2.75) is 86.2 Å². The van der Waals surface area contributed by atoms with Gasteiger partial charge in [0.1, 0.15) is 5.84 Å². The van der Waals surface area contributed by atoms with Crippen LogP contribution in [-0.4, -0.2) is 37.8 Å². The van der Waals surface area contributed by atoms with Crippen molar-refractivity contribution in [2.75, 3.05) is 6.54 Å². The van der Waals surface area contributed by atoms with Crippen LogP contribution in [0.5, 0.6) is 0 Å². The van der Waals surface area contributed by atoms with Crippen molar-refractivity contribution >= 4 is 16.0 Å². The first-order chi connectivity index (χ1) is 11.8. The first kappa shape index (κ1) is 21.4. The highest BCUT2D eigenvalue weighted by Crippen LogP contribution is 2.45. The summed E-state index contributed by atoms with van der Waals surface area (Å²) in [5.74, 6) is 1.04. The highest BCUT2D eigenvalue weighted by atomic mass is 32.2. The molecule has 0 spiro atoms. The molecule has 1 fully saturated rings. The largest absolute Gasteiger partial charge is 0.332 e. The Labute approximate surface area is 159 Å². The predicted octanol–water partition coefficient (Wildman–Crippen LogP) is 3.17. The van der Waals surface area contributed by atoms with Gasteiger partial charge in [-0.2, -0.15) is 13.1 Å². The van der Waals surface area contributed by atoms with Gasteiger partial charge in [-0.05, 0) is 24.3 Å². The molecule has 2 aliphatic heterocycles. The summed E-state index contributed by atoms with van der Waals surface area (Å²) in [6.45, 7) is 16.0. The summed E-state index contributed by atoms with van der Waals surface area (Å²) in [4.78, 5) is 7.30. The normalized spacial score (nSPS) is 24.8. The molecule has 26 heavy (non-hydrogen) atoms. The average molecular weight is 385 g/mol. The Morgan fingerprint density at radius 1 is 1.27 bits per heavy atom. The van der Waals surface area contributed by atoms with E-state index in [4.69, 9.17) is 10.1 Å². The van der Waals surface area contributed by atoms with Gasteiger partial charge in [0.15, 0.2) is 0 Å². The summed E-state index contributed by atoms with van der Waals surface area (Å²) in [6.07, 6.45) is 4.11. The molecule has 6 nitrogen and oxygen atoms in total. The van der Waals surface area contributed by atoms with Crippen LogP contribution in [0.15, 0.2) is 16.3 Å². The Morgan fingerprint density at radius 2 is 1.88 bits per heavy atom. The van der Waals surface area contributed by atoms with E-state index in [1.54, 1.807) is 0 Å². The van der Waals surface area contributed by atoms with Crippen molar-refractivity contribution in [3.05, 3.63) is 11.3 Å². The monoisotopic (exact) mass is 384 g/mol. The van der Waals surface area contributed by atoms with Crippen molar-refractivity contribution in [1.29, 1.82) is 0 Å². The molecular weight excluding hydrogens is 348 g/mol. The number of unbranched alkanes of at least 4 members (excludes halogenated alkanes) is 1. The number of rotatable bonds is 6. The third kappa shape index (κ3) is 4.67. The number of fused-ring (bicyclic) bond motifs is 1. The SMILES string of the molecule is CCCCC(C)(C)C1=C2C[C@H](NS(N)(=O)=O)CN2C(C(C)(C)C)=N[C@@H]1C. The van der Waals surface area contributed by atoms with Gasteiger partial charge in [0.2, 0.25) is 0 Å². The molecule has 0 radical (unpaired) electrons. The van der Waals surface area contributed by atoms with Gasteiger partial charge in [-0.15, -0.1) is 0 Å². The van der Waals surface area contributed by atoms with Crippen molar-refractivity contribution in [3.8, 4) is 0 Å². The summed E-state index contributed by atoms with van der Waals surface area (Å²) in [7, 11) is -3.72. The number of nitrogens with one attached hydrogen (secondary N) is 1. The zero-order valence-electron chi connectivity index (χ0n) is 17.4. The van der Waals surface area contributed by atoms with Crippen LogP contribution in [0.1, 0.15) is 74.1 Å². The maximum atomic E-state index is 11.6. The van der Waals surface area contributed by atoms with Gasteiger partial charge in [-0.1, -0.05) is 54.4 Å². The van der Waals surface area contributed by atoms with Gasteiger partial charge in [0.05, 0.1) is 6.04 Å². The fraction of sp³-hybridized carbons (Fsp3) is 0.842. The second-order valence-electron chi connectivity index (χ2n) is 9.40. The molecule has 3 N–H and O–H groups in total. The zero-order chi connectivity index (χ0) is 19.9. The fourth-order valence-electron chi connectivity index (χ4n) is 4.39. The van der Waals surface area contributed by atoms with Gasteiger partial charge in [-0.3, -0.25) is 4.99 Å². The average Bonchev–Trinajstić information content (AvgIpc) is 2.83. The van der Waals surface area contributed by atoms with Crippen LogP contribution >= 0.6 is 0 Å². The highest BCUT2D eigenvalue weighted by Gasteiger charge is 2.43. The van der Waals surface area contributed by atoms with E-state index in [2.05, 4.69) is 58.1 Å². The maximum Gasteiger partial charge on any atom is 0.274 e. The topological polar surface area (TPSA) is 87.8 Å². The van der Waals surface area contributed by atoms with E-state index >= 15 is 0 Å². The van der Waals surface area contributed by atoms with E-state index in [0.717, 1.165) is 18.7 Å². The van der Waals surface area contributed by atoms with Crippen LogP contribution in [0, 0.1) is 10.8 Å². The first-order valence-electron chi connectivity index (χ1n) is 9.65. The van der Waals surface area contributed by atoms with E-state index < -0.39 is 10.2 Å². The van der Waals surface area contributed by atoms with E-state index in [1.165, 1.54) is 17.7 Å². The lowest BCUT2D eigenvalue weighted by Crippen LogP contribution is -2.45. The molecule has 0 aromatic rings. The smallest absolute Gasteiger partial charge is 0.274 e. The highest BCUT2D eigenvalue weighted by molar-refractivity contribution is 7.87. The van der Waals surface area contributed by atoms with Crippen molar-refractivity contribution in [1.82, 2.24) is 9.62 Å². The summed E-state index contributed by atoms with van der Waals surface area (Å²) in [5.41, 5.74) is 2.51. The molecule has 0 aromatic heterocycles. The van der Waals surface area contributed by atoms with Gasteiger partial charge in [-0.25, -0.2) is 5.14 Å². The zero-order valence-corrected chi connectivity index (χ0v) is 18.2. The Kier molecular flexibility index (Phi) is 5.96. The van der Waals surface area contributed by atoms with Gasteiger partial charge >= 0.3 is 0 Å². The Balaban J connectivity index is 2.48. The lowest BCUT2D eigenvalue weighted by molar-refractivity contribution is 0.342. The maximum absolute atomic E-state index is 11.6. The van der Waals surface area contributed by atoms with E-state index in [0.29, 0.717) is 13.0 Å². The molecule has 0 unspecified atom stereocenters. The standard InChI is InChI=1S/C19H36N4O2S/c1-8-9-10-19(6,7)16-13(2)21-17(18(3,4)5)23-12-14(11-15(16)23)22-26(20,24)25/h13-14,22H,8-12H2,1-7H3,(H2,20,24,25)/t13-,14+/m1/s1. The molecule has 0 aliphatic carbocycles. The molecule has 0 amide bonds. The molecule has 7 heteroatoms. The number of amidine groups is 1. The second kappa shape index (κ2) is 7.24. The number of hydrogen-bond donors (Lipinski definition) is 2. The first-order valence-corrected chi connectivity index (χ1v) is 11.2. The minimum atomic E-state index is -3.72. The molecule has 1 saturated heterocycles. The van der Waals surface area contributed by atoms with Gasteiger partial charge in [0.25, 0.3) is 10.2 Å². The Bertz CT molecular complexity index is 702. The molecule has 2 heterocycles. The summed E-state index contributed by atoms with van der Waals surface area (Å²) in [6, 6.07) is -0.106. The lowest BCUT2D eigenvalue weighted by atomic mass is 9.74. The Morgan fingerprint density at radius 3 is 2.38 bits per heavy atom. The second-order valence-corrected chi connectivity index (χ2v) is 10.7. The van der Waals surface area contributed by atoms with E-state index in [1.807, 2.05) is 0 Å². The molecule has 2 rings (SSSR count). The predicted molar refractivity (Wildman–Crippen MR) is 108 cm³/mol. The van der Waals surface area contributed by atoms with Crippen LogP contribution in [0.25, 0.3) is 0 Å². The van der Waals surface area contributed by atoms with Crippen LogP contribution in [0.2, 0.25) is 0 Å². The van der Waals surface area contributed by atoms with Crippen LogP contribution < -0.4 is 9.86 Å². The molecule has 150 valence electrons. The third-order valence-corrected chi connectivity index (χ3v) is 6.02. The number of nitrogens with zero attached hydrogens (tertiary/aromatic N) is 2. The van der Waals surface area contributed by atoms with Crippen molar-refractivity contribution < 1.29 is 8.42 Å². The summed E-state index contributed by atoms with van der Waals surface area (Å²) >= 11 is 0. The number of nitrogens with two attached hydrogens (primary N) is 1. The number of aliphatic imine (C=N–C) groups is 1. The third-order valence-electron chi connectivity index (χ3n) is 5.36. The minimum Gasteiger partial charge on any atom is -0.332 e. The Hall–Kier alpha value is -0.920. The van der Waals surface area contributed by atoms with Crippen molar-refractivity contribution in [2.24, 2.45) is 21.0 Å². The number of hydrogen-bond acceptors (Lipinski definition) is 4. The minimum absolute atomic E-state index is 0.0341. The molecule has 2 atom stereocenters. The molecule has 0 bridgehead atoms. The quantitative estimate of drug-likeness (QED) is 0.737. The van der Waals surface area contributed by atoms with E-state index in [9.17, 15) is 8.42 Å². The fourth-order valence-corrected chi connectivity index (χ4v) is 5.01. The van der Waals surface area contributed by atoms with Crippen LogP contribution in [0.4, 0.5) is 0 Å². The van der Waals surface area contributed by atoms with E-state index in [-0.39, 0.29) is 22.9 Å². The van der Waals surface area contributed by atoms with Gasteiger partial charge < -0.3 is 4.90 Å². The molecule has 0 aromatic carbocycles.